The van der Waals surface area contributed by atoms with Crippen LogP contribution >= 0.6 is 0 Å². The summed E-state index contributed by atoms with van der Waals surface area (Å²) in [6, 6.07) is 6.55. The molecule has 0 fully saturated rings. The topological polar surface area (TPSA) is 17.8 Å². The molecule has 0 aliphatic rings. The molecule has 1 aromatic heterocycles. The number of unbranched alkanes of at least 4 members (excludes halogenated alkanes) is 1. The summed E-state index contributed by atoms with van der Waals surface area (Å²) >= 11 is 0. The van der Waals surface area contributed by atoms with Crippen molar-refractivity contribution in [2.24, 2.45) is 0 Å². The van der Waals surface area contributed by atoms with E-state index in [0.717, 1.165) is 19.4 Å². The second kappa shape index (κ2) is 7.09. The van der Waals surface area contributed by atoms with Crippen LogP contribution < -0.4 is 0 Å². The predicted octanol–water partition coefficient (Wildman–Crippen LogP) is 4.56. The van der Waals surface area contributed by atoms with Gasteiger partial charge in [0, 0.05) is 6.54 Å². The van der Waals surface area contributed by atoms with E-state index in [9.17, 15) is 0 Å². The van der Waals surface area contributed by atoms with Gasteiger partial charge >= 0.3 is 0 Å². The Bertz CT molecular complexity index is 559. The molecule has 2 aromatic rings. The number of rotatable bonds is 6. The molecule has 106 valence electrons. The molecular weight excluding hydrogens is 244 g/mol. The highest BCUT2D eigenvalue weighted by atomic mass is 15.0. The van der Waals surface area contributed by atoms with Gasteiger partial charge in [-0.15, -0.1) is 0 Å². The highest BCUT2D eigenvalue weighted by Gasteiger charge is 2.01. The quantitative estimate of drug-likeness (QED) is 0.702. The molecule has 2 nitrogen and oxygen atoms in total. The molecule has 20 heavy (non-hydrogen) atoms. The predicted molar refractivity (Wildman–Crippen MR) is 85.8 cm³/mol. The van der Waals surface area contributed by atoms with Crippen molar-refractivity contribution >= 4 is 6.08 Å². The monoisotopic (exact) mass is 268 g/mol. The van der Waals surface area contributed by atoms with E-state index >= 15 is 0 Å². The molecule has 0 aliphatic heterocycles. The molecule has 0 aliphatic carbocycles. The zero-order valence-corrected chi connectivity index (χ0v) is 12.8. The first-order valence-corrected chi connectivity index (χ1v) is 7.44. The van der Waals surface area contributed by atoms with E-state index in [2.05, 4.69) is 60.7 Å². The average Bonchev–Trinajstić information content (AvgIpc) is 2.89. The normalized spacial score (nSPS) is 11.3. The van der Waals surface area contributed by atoms with Gasteiger partial charge in [0.25, 0.3) is 0 Å². The number of allylic oxidation sites excluding steroid dienone is 1. The Labute approximate surface area is 122 Å². The maximum atomic E-state index is 4.17. The molecule has 0 unspecified atom stereocenters. The summed E-state index contributed by atoms with van der Waals surface area (Å²) in [6.07, 6.45) is 11.7. The molecule has 2 heteroatoms. The molecular formula is C18H24N2. The van der Waals surface area contributed by atoms with E-state index in [0.29, 0.717) is 0 Å². The van der Waals surface area contributed by atoms with Crippen molar-refractivity contribution in [1.29, 1.82) is 0 Å². The molecule has 0 atom stereocenters. The zero-order valence-electron chi connectivity index (χ0n) is 12.8. The van der Waals surface area contributed by atoms with Crippen LogP contribution in [0.15, 0.2) is 36.8 Å². The number of hydrogen-bond acceptors (Lipinski definition) is 1. The highest BCUT2D eigenvalue weighted by Crippen LogP contribution is 2.16. The average molecular weight is 268 g/mol. The highest BCUT2D eigenvalue weighted by molar-refractivity contribution is 5.43. The van der Waals surface area contributed by atoms with Crippen LogP contribution in [0.4, 0.5) is 0 Å². The first kappa shape index (κ1) is 14.6. The number of nitrogens with zero attached hydrogens (tertiary/aromatic N) is 2. The molecule has 0 amide bonds. The Kier molecular flexibility index (Phi) is 5.16. The fraction of sp³-hybridized carbons (Fsp3) is 0.389. The lowest BCUT2D eigenvalue weighted by Gasteiger charge is -2.08. The maximum absolute atomic E-state index is 4.17. The summed E-state index contributed by atoms with van der Waals surface area (Å²) in [4.78, 5) is 4.17. The van der Waals surface area contributed by atoms with Gasteiger partial charge in [0.1, 0.15) is 0 Å². The molecule has 1 aromatic carbocycles. The standard InChI is InChI=1S/C18H24N2/c1-4-20-14-19-13-17(20)11-6-5-7-12-18-15(2)9-8-10-16(18)3/h6,8-11,13-14H,4-5,7,12H2,1-3H3. The first-order chi connectivity index (χ1) is 9.72. The third kappa shape index (κ3) is 3.60. The van der Waals surface area contributed by atoms with Gasteiger partial charge in [-0.05, 0) is 62.8 Å². The van der Waals surface area contributed by atoms with Gasteiger partial charge in [0.2, 0.25) is 0 Å². The first-order valence-electron chi connectivity index (χ1n) is 7.44. The largest absolute Gasteiger partial charge is 0.331 e. The van der Waals surface area contributed by atoms with Crippen LogP contribution in [0.2, 0.25) is 0 Å². The van der Waals surface area contributed by atoms with Crippen molar-refractivity contribution in [2.75, 3.05) is 0 Å². The van der Waals surface area contributed by atoms with Crippen LogP contribution in [0.5, 0.6) is 0 Å². The Morgan fingerprint density at radius 2 is 1.95 bits per heavy atom. The van der Waals surface area contributed by atoms with Crippen LogP contribution in [-0.2, 0) is 13.0 Å². The van der Waals surface area contributed by atoms with Crippen molar-refractivity contribution < 1.29 is 0 Å². The molecule has 0 radical (unpaired) electrons. The van der Waals surface area contributed by atoms with Crippen LogP contribution in [0.25, 0.3) is 6.08 Å². The second-order valence-corrected chi connectivity index (χ2v) is 5.27. The molecule has 0 N–H and O–H groups in total. The maximum Gasteiger partial charge on any atom is 0.0950 e. The Morgan fingerprint density at radius 3 is 2.65 bits per heavy atom. The Morgan fingerprint density at radius 1 is 1.20 bits per heavy atom. The lowest BCUT2D eigenvalue weighted by atomic mass is 9.98. The van der Waals surface area contributed by atoms with E-state index < -0.39 is 0 Å². The summed E-state index contributed by atoms with van der Waals surface area (Å²) in [5, 5.41) is 0. The van der Waals surface area contributed by atoms with Crippen molar-refractivity contribution in [3.8, 4) is 0 Å². The number of aryl methyl sites for hydroxylation is 3. The molecule has 0 saturated carbocycles. The number of benzene rings is 1. The lowest BCUT2D eigenvalue weighted by molar-refractivity contribution is 0.753. The van der Waals surface area contributed by atoms with E-state index in [1.54, 1.807) is 0 Å². The minimum absolute atomic E-state index is 0.974. The van der Waals surface area contributed by atoms with Gasteiger partial charge in [0.15, 0.2) is 0 Å². The smallest absolute Gasteiger partial charge is 0.0950 e. The fourth-order valence-corrected chi connectivity index (χ4v) is 2.58. The second-order valence-electron chi connectivity index (χ2n) is 5.27. The summed E-state index contributed by atoms with van der Waals surface area (Å²) in [6.45, 7) is 7.53. The number of aromatic nitrogens is 2. The molecule has 1 heterocycles. The fourth-order valence-electron chi connectivity index (χ4n) is 2.58. The third-order valence-corrected chi connectivity index (χ3v) is 3.82. The minimum atomic E-state index is 0.974. The summed E-state index contributed by atoms with van der Waals surface area (Å²) < 4.78 is 2.15. The van der Waals surface area contributed by atoms with Crippen LogP contribution in [0.3, 0.4) is 0 Å². The van der Waals surface area contributed by atoms with Gasteiger partial charge < -0.3 is 4.57 Å². The van der Waals surface area contributed by atoms with E-state index in [-0.39, 0.29) is 0 Å². The van der Waals surface area contributed by atoms with Crippen LogP contribution in [0, 0.1) is 13.8 Å². The summed E-state index contributed by atoms with van der Waals surface area (Å²) in [5.41, 5.74) is 5.54. The Balaban J connectivity index is 1.85. The summed E-state index contributed by atoms with van der Waals surface area (Å²) in [5.74, 6) is 0. The van der Waals surface area contributed by atoms with Crippen molar-refractivity contribution in [3.05, 3.63) is 59.2 Å². The van der Waals surface area contributed by atoms with E-state index in [4.69, 9.17) is 0 Å². The molecule has 0 saturated heterocycles. The van der Waals surface area contributed by atoms with Crippen molar-refractivity contribution in [1.82, 2.24) is 9.55 Å². The van der Waals surface area contributed by atoms with Crippen molar-refractivity contribution in [2.45, 2.75) is 46.6 Å². The lowest BCUT2D eigenvalue weighted by Crippen LogP contribution is -1.94. The third-order valence-electron chi connectivity index (χ3n) is 3.82. The van der Waals surface area contributed by atoms with Crippen LogP contribution in [0.1, 0.15) is 42.1 Å². The molecule has 0 bridgehead atoms. The molecule has 2 rings (SSSR count). The van der Waals surface area contributed by atoms with Gasteiger partial charge in [-0.25, -0.2) is 4.98 Å². The van der Waals surface area contributed by atoms with Crippen LogP contribution in [-0.4, -0.2) is 9.55 Å². The molecule has 0 spiro atoms. The van der Waals surface area contributed by atoms with Gasteiger partial charge in [-0.2, -0.15) is 0 Å². The van der Waals surface area contributed by atoms with Gasteiger partial charge in [0.05, 0.1) is 18.2 Å². The summed E-state index contributed by atoms with van der Waals surface area (Å²) in [7, 11) is 0. The zero-order chi connectivity index (χ0) is 14.4. The number of hydrogen-bond donors (Lipinski definition) is 0. The van der Waals surface area contributed by atoms with E-state index in [1.165, 1.54) is 28.8 Å². The van der Waals surface area contributed by atoms with Gasteiger partial charge in [-0.3, -0.25) is 0 Å². The number of imidazole rings is 1. The van der Waals surface area contributed by atoms with Crippen molar-refractivity contribution in [3.63, 3.8) is 0 Å². The SMILES string of the molecule is CCn1cncc1C=CCCCc1c(C)cccc1C. The van der Waals surface area contributed by atoms with Gasteiger partial charge in [-0.1, -0.05) is 24.3 Å². The minimum Gasteiger partial charge on any atom is -0.331 e. The Hall–Kier alpha value is -1.83. The van der Waals surface area contributed by atoms with E-state index in [1.807, 2.05) is 12.5 Å².